The molecule has 0 radical (unpaired) electrons. The number of nitrogens with one attached hydrogen (secondary N) is 3. The lowest BCUT2D eigenvalue weighted by atomic mass is 10.1. The van der Waals surface area contributed by atoms with Crippen molar-refractivity contribution in [2.24, 2.45) is 5.84 Å². The number of nitrogens with zero attached hydrogens (tertiary/aromatic N) is 5. The summed E-state index contributed by atoms with van der Waals surface area (Å²) < 4.78 is 0. The normalized spacial score (nSPS) is 14.7. The molecule has 0 bridgehead atoms. The molecule has 1 unspecified atom stereocenters. The summed E-state index contributed by atoms with van der Waals surface area (Å²) in [6.45, 7) is 7.78. The van der Waals surface area contributed by atoms with E-state index in [1.807, 2.05) is 37.3 Å². The van der Waals surface area contributed by atoms with Gasteiger partial charge in [0.2, 0.25) is 5.95 Å². The second-order valence-electron chi connectivity index (χ2n) is 10.9. The van der Waals surface area contributed by atoms with E-state index in [1.165, 1.54) is 24.3 Å². The monoisotopic (exact) mass is 617 g/mol. The van der Waals surface area contributed by atoms with Crippen molar-refractivity contribution in [1.29, 1.82) is 0 Å². The summed E-state index contributed by atoms with van der Waals surface area (Å²) in [7, 11) is 2.14. The summed E-state index contributed by atoms with van der Waals surface area (Å²) in [6, 6.07) is 14.9. The number of anilines is 2. The number of amides is 2. The summed E-state index contributed by atoms with van der Waals surface area (Å²) in [5, 5.41) is 7.64. The van der Waals surface area contributed by atoms with Gasteiger partial charge in [-0.2, -0.15) is 4.98 Å². The third-order valence-electron chi connectivity index (χ3n) is 7.76. The molecular weight excluding hydrogens is 582 g/mol. The Kier molecular flexibility index (Phi) is 9.85. The Hall–Kier alpha value is -4.36. The number of rotatable bonds is 10. The quantitative estimate of drug-likeness (QED) is 0.0908. The predicted molar refractivity (Wildman–Crippen MR) is 172 cm³/mol. The van der Waals surface area contributed by atoms with Crippen molar-refractivity contribution in [2.45, 2.75) is 19.4 Å². The molecule has 0 spiro atoms. The molecule has 230 valence electrons. The average molecular weight is 618 g/mol. The number of aromatic nitrogens is 3. The summed E-state index contributed by atoms with van der Waals surface area (Å²) in [6.07, 6.45) is 2.49. The second-order valence-corrected chi connectivity index (χ2v) is 11.3. The molecule has 2 aromatic heterocycles. The number of H-pyrrole nitrogens is 1. The largest absolute Gasteiger partial charge is 0.354 e. The number of pyridine rings is 1. The van der Waals surface area contributed by atoms with E-state index in [-0.39, 0.29) is 21.8 Å². The van der Waals surface area contributed by atoms with Gasteiger partial charge in [0.05, 0.1) is 16.8 Å². The molecule has 2 amide bonds. The lowest BCUT2D eigenvalue weighted by Crippen LogP contribution is -2.44. The fourth-order valence-corrected chi connectivity index (χ4v) is 5.15. The van der Waals surface area contributed by atoms with E-state index in [1.54, 1.807) is 6.20 Å². The number of hydrogen-bond donors (Lipinski definition) is 4. The topological polar surface area (TPSA) is 153 Å². The van der Waals surface area contributed by atoms with E-state index in [4.69, 9.17) is 17.4 Å². The lowest BCUT2D eigenvalue weighted by molar-refractivity contribution is 0.0690. The van der Waals surface area contributed by atoms with Crippen LogP contribution in [0, 0.1) is 0 Å². The first-order valence-corrected chi connectivity index (χ1v) is 14.9. The summed E-state index contributed by atoms with van der Waals surface area (Å²) >= 11 is 6.34. The Labute approximate surface area is 260 Å². The molecule has 12 nitrogen and oxygen atoms in total. The van der Waals surface area contributed by atoms with Gasteiger partial charge in [-0.1, -0.05) is 41.9 Å². The zero-order valence-corrected chi connectivity index (χ0v) is 25.5. The Morgan fingerprint density at radius 3 is 2.61 bits per heavy atom. The fraction of sp³-hybridized carbons (Fsp3) is 0.323. The number of halogens is 1. The smallest absolute Gasteiger partial charge is 0.268 e. The van der Waals surface area contributed by atoms with Gasteiger partial charge in [0, 0.05) is 49.9 Å². The van der Waals surface area contributed by atoms with Crippen LogP contribution in [0.25, 0.3) is 11.0 Å². The maximum absolute atomic E-state index is 13.2. The van der Waals surface area contributed by atoms with Crippen LogP contribution in [-0.4, -0.2) is 87.9 Å². The molecule has 13 heteroatoms. The zero-order valence-electron chi connectivity index (χ0n) is 24.7. The van der Waals surface area contributed by atoms with Crippen molar-refractivity contribution >= 4 is 46.1 Å². The predicted octanol–water partition coefficient (Wildman–Crippen LogP) is 3.35. The Morgan fingerprint density at radius 2 is 1.86 bits per heavy atom. The van der Waals surface area contributed by atoms with Gasteiger partial charge in [0.1, 0.15) is 11.2 Å². The Morgan fingerprint density at radius 1 is 1.11 bits per heavy atom. The van der Waals surface area contributed by atoms with Crippen LogP contribution < -0.4 is 22.0 Å². The van der Waals surface area contributed by atoms with Crippen LogP contribution in [-0.2, 0) is 0 Å². The minimum Gasteiger partial charge on any atom is -0.354 e. The number of carbonyl (C=O) groups excluding carboxylic acids is 2. The summed E-state index contributed by atoms with van der Waals surface area (Å²) in [5.41, 5.74) is 0.788. The standard InChI is InChI=1S/C31H36ClN9O3/c1-20(21-7-4-3-5-8-21)41(33)30(44)22-9-10-25(32)26(18-22)36-28(42)24-17-23-19-35-31(38-27(23)37-29(24)43)34-11-6-12-40-15-13-39(2)14-16-40/h3-5,7-10,17-20H,6,11-16,33H2,1-2H3,(H,36,42)(H2,34,35,37,38,43). The molecule has 1 atom stereocenters. The molecule has 0 saturated carbocycles. The molecule has 44 heavy (non-hydrogen) atoms. The molecule has 0 aliphatic carbocycles. The highest BCUT2D eigenvalue weighted by Crippen LogP contribution is 2.26. The first-order valence-electron chi connectivity index (χ1n) is 14.5. The molecule has 5 N–H and O–H groups in total. The molecule has 2 aromatic carbocycles. The lowest BCUT2D eigenvalue weighted by Gasteiger charge is -2.32. The summed E-state index contributed by atoms with van der Waals surface area (Å²) in [4.78, 5) is 55.4. The number of hydrogen-bond acceptors (Lipinski definition) is 9. The molecule has 1 aliphatic rings. The van der Waals surface area contributed by atoms with Crippen molar-refractivity contribution in [2.75, 3.05) is 56.9 Å². The maximum atomic E-state index is 13.2. The van der Waals surface area contributed by atoms with Gasteiger partial charge in [-0.3, -0.25) is 19.4 Å². The minimum absolute atomic E-state index is 0.153. The number of benzene rings is 2. The molecule has 4 aromatic rings. The maximum Gasteiger partial charge on any atom is 0.268 e. The van der Waals surface area contributed by atoms with E-state index in [0.717, 1.165) is 49.7 Å². The molecule has 1 fully saturated rings. The fourth-order valence-electron chi connectivity index (χ4n) is 4.98. The van der Waals surface area contributed by atoms with Gasteiger partial charge in [-0.05, 0) is 56.8 Å². The third kappa shape index (κ3) is 7.40. The van der Waals surface area contributed by atoms with Crippen LogP contribution in [0.2, 0.25) is 5.02 Å². The molecule has 1 aliphatic heterocycles. The van der Waals surface area contributed by atoms with Crippen LogP contribution in [0.1, 0.15) is 45.7 Å². The van der Waals surface area contributed by atoms with Crippen molar-refractivity contribution in [3.8, 4) is 0 Å². The third-order valence-corrected chi connectivity index (χ3v) is 8.09. The highest BCUT2D eigenvalue weighted by atomic mass is 35.5. The van der Waals surface area contributed by atoms with Gasteiger partial charge >= 0.3 is 0 Å². The van der Waals surface area contributed by atoms with Crippen molar-refractivity contribution < 1.29 is 9.59 Å². The van der Waals surface area contributed by atoms with Crippen molar-refractivity contribution in [3.05, 3.63) is 92.9 Å². The molecule has 5 rings (SSSR count). The number of nitrogens with two attached hydrogens (primary N) is 1. The van der Waals surface area contributed by atoms with E-state index in [0.29, 0.717) is 23.5 Å². The van der Waals surface area contributed by atoms with Gasteiger partial charge in [0.15, 0.2) is 0 Å². The van der Waals surface area contributed by atoms with E-state index in [9.17, 15) is 14.4 Å². The van der Waals surface area contributed by atoms with Crippen LogP contribution in [0.3, 0.4) is 0 Å². The number of hydrazine groups is 1. The second kappa shape index (κ2) is 14.0. The van der Waals surface area contributed by atoms with Crippen LogP contribution in [0.15, 0.2) is 65.6 Å². The number of carbonyl (C=O) groups is 2. The van der Waals surface area contributed by atoms with E-state index < -0.39 is 23.4 Å². The zero-order chi connectivity index (χ0) is 31.2. The Bertz CT molecular complexity index is 1690. The van der Waals surface area contributed by atoms with Crippen LogP contribution in [0.4, 0.5) is 11.6 Å². The number of fused-ring (bicyclic) bond motifs is 1. The van der Waals surface area contributed by atoms with Gasteiger partial charge in [-0.25, -0.2) is 10.8 Å². The highest BCUT2D eigenvalue weighted by Gasteiger charge is 2.22. The first-order chi connectivity index (χ1) is 21.2. The highest BCUT2D eigenvalue weighted by molar-refractivity contribution is 6.34. The SMILES string of the molecule is CC(c1ccccc1)N(N)C(=O)c1ccc(Cl)c(NC(=O)c2cc3cnc(NCCCN4CCN(C)CC4)nc3[nH]c2=O)c1. The van der Waals surface area contributed by atoms with Crippen LogP contribution in [0.5, 0.6) is 0 Å². The summed E-state index contributed by atoms with van der Waals surface area (Å²) in [5.74, 6) is 5.39. The first kappa shape index (κ1) is 31.1. The molecule has 3 heterocycles. The van der Waals surface area contributed by atoms with Crippen molar-refractivity contribution in [1.82, 2.24) is 29.8 Å². The van der Waals surface area contributed by atoms with E-state index in [2.05, 4.69) is 42.4 Å². The average Bonchev–Trinajstić information content (AvgIpc) is 3.03. The number of aromatic amines is 1. The number of piperazine rings is 1. The van der Waals surface area contributed by atoms with Gasteiger partial charge < -0.3 is 25.4 Å². The van der Waals surface area contributed by atoms with Gasteiger partial charge in [-0.15, -0.1) is 0 Å². The molecule has 1 saturated heterocycles. The van der Waals surface area contributed by atoms with E-state index >= 15 is 0 Å². The van der Waals surface area contributed by atoms with Crippen molar-refractivity contribution in [3.63, 3.8) is 0 Å². The van der Waals surface area contributed by atoms with Crippen LogP contribution >= 0.6 is 11.6 Å². The Balaban J connectivity index is 1.23. The minimum atomic E-state index is -0.701. The van der Waals surface area contributed by atoms with Gasteiger partial charge in [0.25, 0.3) is 17.4 Å². The molecular formula is C31H36ClN9O3. The number of likely N-dealkylation sites (N-methyl/N-ethyl adjacent to an activating group) is 1.